The number of nitrogens with zero attached hydrogens (tertiary/aromatic N) is 1. The maximum atomic E-state index is 10.3. The normalized spacial score (nSPS) is 27.0. The lowest BCUT2D eigenvalue weighted by molar-refractivity contribution is -0.116. The number of carbonyl (C=O) groups excluding carboxylic acids is 1. The van der Waals surface area contributed by atoms with Crippen molar-refractivity contribution in [2.45, 2.75) is 13.0 Å². The summed E-state index contributed by atoms with van der Waals surface area (Å²) < 4.78 is 0. The van der Waals surface area contributed by atoms with Crippen molar-refractivity contribution in [2.24, 2.45) is 10.7 Å². The summed E-state index contributed by atoms with van der Waals surface area (Å²) in [7, 11) is 0. The number of nitrogens with two attached hydrogens (primary N) is 1. The predicted octanol–water partition coefficient (Wildman–Crippen LogP) is -0.447. The van der Waals surface area contributed by atoms with Crippen LogP contribution in [-0.2, 0) is 4.79 Å². The fourth-order valence-electron chi connectivity index (χ4n) is 0.739. The standard InChI is InChI=1S/C6H11N3OS/c1-4-3-11-6(9-4)8-2-5(7)10/h4H,2-3H2,1H3,(H2,7,10)(H,8,9). The summed E-state index contributed by atoms with van der Waals surface area (Å²) in [5.41, 5.74) is 4.92. The Bertz CT molecular complexity index is 192. The van der Waals surface area contributed by atoms with Gasteiger partial charge in [-0.15, -0.1) is 0 Å². The van der Waals surface area contributed by atoms with E-state index in [4.69, 9.17) is 5.73 Å². The number of carbonyl (C=O) groups is 1. The van der Waals surface area contributed by atoms with E-state index in [1.54, 1.807) is 11.8 Å². The molecule has 0 bridgehead atoms. The minimum Gasteiger partial charge on any atom is -0.368 e. The van der Waals surface area contributed by atoms with Gasteiger partial charge in [0.05, 0.1) is 0 Å². The van der Waals surface area contributed by atoms with Gasteiger partial charge in [0, 0.05) is 11.8 Å². The topological polar surface area (TPSA) is 67.5 Å². The smallest absolute Gasteiger partial charge is 0.239 e. The van der Waals surface area contributed by atoms with Gasteiger partial charge in [0.1, 0.15) is 6.54 Å². The summed E-state index contributed by atoms with van der Waals surface area (Å²) in [6, 6.07) is 0.451. The summed E-state index contributed by atoms with van der Waals surface area (Å²) in [6.07, 6.45) is 0. The SMILES string of the molecule is CC1CSC(=NCC(N)=O)N1. The van der Waals surface area contributed by atoms with Crippen LogP contribution in [0.4, 0.5) is 0 Å². The Labute approximate surface area is 69.6 Å². The Morgan fingerprint density at radius 3 is 3.18 bits per heavy atom. The van der Waals surface area contributed by atoms with E-state index in [2.05, 4.69) is 17.2 Å². The zero-order valence-electron chi connectivity index (χ0n) is 6.33. The van der Waals surface area contributed by atoms with Crippen molar-refractivity contribution in [1.82, 2.24) is 5.32 Å². The average molecular weight is 173 g/mol. The summed E-state index contributed by atoms with van der Waals surface area (Å²) in [6.45, 7) is 2.15. The summed E-state index contributed by atoms with van der Waals surface area (Å²) >= 11 is 1.62. The third-order valence-electron chi connectivity index (χ3n) is 1.22. The second-order valence-corrected chi connectivity index (χ2v) is 3.45. The fraction of sp³-hybridized carbons (Fsp3) is 0.667. The van der Waals surface area contributed by atoms with Crippen molar-refractivity contribution < 1.29 is 4.79 Å². The third-order valence-corrected chi connectivity index (χ3v) is 2.41. The maximum absolute atomic E-state index is 10.3. The van der Waals surface area contributed by atoms with E-state index in [1.165, 1.54) is 0 Å². The molecule has 0 aromatic rings. The van der Waals surface area contributed by atoms with Gasteiger partial charge in [0.2, 0.25) is 5.91 Å². The van der Waals surface area contributed by atoms with Crippen LogP contribution in [0.2, 0.25) is 0 Å². The second kappa shape index (κ2) is 3.61. The molecule has 5 heteroatoms. The van der Waals surface area contributed by atoms with Crippen LogP contribution in [0, 0.1) is 0 Å². The predicted molar refractivity (Wildman–Crippen MR) is 46.6 cm³/mol. The molecular weight excluding hydrogens is 162 g/mol. The molecule has 1 heterocycles. The molecule has 11 heavy (non-hydrogen) atoms. The Balaban J connectivity index is 2.36. The molecule has 4 nitrogen and oxygen atoms in total. The first-order valence-electron chi connectivity index (χ1n) is 3.40. The van der Waals surface area contributed by atoms with Crippen LogP contribution in [-0.4, -0.2) is 29.4 Å². The van der Waals surface area contributed by atoms with Gasteiger partial charge in [0.25, 0.3) is 0 Å². The lowest BCUT2D eigenvalue weighted by Crippen LogP contribution is -2.24. The molecule has 1 aliphatic rings. The van der Waals surface area contributed by atoms with Crippen molar-refractivity contribution >= 4 is 22.8 Å². The fourth-order valence-corrected chi connectivity index (χ4v) is 1.67. The van der Waals surface area contributed by atoms with Gasteiger partial charge in [-0.25, -0.2) is 0 Å². The van der Waals surface area contributed by atoms with E-state index >= 15 is 0 Å². The number of nitrogens with one attached hydrogen (secondary N) is 1. The highest BCUT2D eigenvalue weighted by atomic mass is 32.2. The first kappa shape index (κ1) is 8.39. The van der Waals surface area contributed by atoms with Gasteiger partial charge in [-0.1, -0.05) is 11.8 Å². The lowest BCUT2D eigenvalue weighted by atomic mass is 10.4. The zero-order chi connectivity index (χ0) is 8.27. The van der Waals surface area contributed by atoms with Crippen molar-refractivity contribution in [3.8, 4) is 0 Å². The molecule has 3 N–H and O–H groups in total. The van der Waals surface area contributed by atoms with Gasteiger partial charge in [-0.3, -0.25) is 9.79 Å². The zero-order valence-corrected chi connectivity index (χ0v) is 7.15. The van der Waals surface area contributed by atoms with E-state index in [1.807, 2.05) is 0 Å². The highest BCUT2D eigenvalue weighted by Gasteiger charge is 2.14. The van der Waals surface area contributed by atoms with Gasteiger partial charge in [0.15, 0.2) is 5.17 Å². The summed E-state index contributed by atoms with van der Waals surface area (Å²) in [5.74, 6) is 0.622. The first-order valence-corrected chi connectivity index (χ1v) is 4.39. The molecule has 1 amide bonds. The minimum absolute atomic E-state index is 0.0854. The lowest BCUT2D eigenvalue weighted by Gasteiger charge is -1.99. The van der Waals surface area contributed by atoms with E-state index in [9.17, 15) is 4.79 Å². The molecular formula is C6H11N3OS. The molecule has 1 saturated heterocycles. The molecule has 1 atom stereocenters. The molecule has 1 aliphatic heterocycles. The van der Waals surface area contributed by atoms with Crippen LogP contribution in [0.15, 0.2) is 4.99 Å². The van der Waals surface area contributed by atoms with Gasteiger partial charge in [-0.2, -0.15) is 0 Å². The molecule has 62 valence electrons. The maximum Gasteiger partial charge on any atom is 0.239 e. The molecule has 0 aromatic heterocycles. The molecule has 1 unspecified atom stereocenters. The second-order valence-electron chi connectivity index (χ2n) is 2.44. The third kappa shape index (κ3) is 2.80. The van der Waals surface area contributed by atoms with Crippen molar-refractivity contribution in [2.75, 3.05) is 12.3 Å². The Morgan fingerprint density at radius 2 is 2.73 bits per heavy atom. The van der Waals surface area contributed by atoms with Gasteiger partial charge < -0.3 is 11.1 Å². The largest absolute Gasteiger partial charge is 0.368 e. The number of aliphatic imine (C=N–C) groups is 1. The highest BCUT2D eigenvalue weighted by Crippen LogP contribution is 2.12. The highest BCUT2D eigenvalue weighted by molar-refractivity contribution is 8.14. The number of hydrogen-bond donors (Lipinski definition) is 2. The van der Waals surface area contributed by atoms with Gasteiger partial charge >= 0.3 is 0 Å². The number of hydrogen-bond acceptors (Lipinski definition) is 3. The van der Waals surface area contributed by atoms with Crippen LogP contribution < -0.4 is 11.1 Å². The number of primary amides is 1. The first-order chi connectivity index (χ1) is 5.18. The molecule has 0 saturated carbocycles. The van der Waals surface area contributed by atoms with Crippen LogP contribution in [0.1, 0.15) is 6.92 Å². The van der Waals surface area contributed by atoms with Crippen molar-refractivity contribution in [3.05, 3.63) is 0 Å². The van der Waals surface area contributed by atoms with Crippen LogP contribution in [0.3, 0.4) is 0 Å². The summed E-state index contributed by atoms with van der Waals surface area (Å²) in [4.78, 5) is 14.3. The Kier molecular flexibility index (Phi) is 2.76. The van der Waals surface area contributed by atoms with Crippen molar-refractivity contribution in [3.63, 3.8) is 0 Å². The minimum atomic E-state index is -0.389. The number of rotatable bonds is 2. The number of amidine groups is 1. The van der Waals surface area contributed by atoms with Crippen LogP contribution in [0.5, 0.6) is 0 Å². The number of thioether (sulfide) groups is 1. The van der Waals surface area contributed by atoms with Crippen LogP contribution in [0.25, 0.3) is 0 Å². The molecule has 1 rings (SSSR count). The molecule has 1 fully saturated rings. The van der Waals surface area contributed by atoms with Crippen molar-refractivity contribution in [1.29, 1.82) is 0 Å². The van der Waals surface area contributed by atoms with Gasteiger partial charge in [-0.05, 0) is 6.92 Å². The van der Waals surface area contributed by atoms with Crippen LogP contribution >= 0.6 is 11.8 Å². The Hall–Kier alpha value is -0.710. The summed E-state index contributed by atoms with van der Waals surface area (Å²) in [5, 5.41) is 3.94. The molecule has 0 aromatic carbocycles. The molecule has 0 radical (unpaired) electrons. The van der Waals surface area contributed by atoms with E-state index in [0.29, 0.717) is 6.04 Å². The molecule has 0 spiro atoms. The average Bonchev–Trinajstić information content (AvgIpc) is 2.31. The Morgan fingerprint density at radius 1 is 2.00 bits per heavy atom. The van der Waals surface area contributed by atoms with E-state index in [0.717, 1.165) is 10.9 Å². The molecule has 0 aliphatic carbocycles. The van der Waals surface area contributed by atoms with E-state index in [-0.39, 0.29) is 12.5 Å². The quantitative estimate of drug-likeness (QED) is 0.594. The monoisotopic (exact) mass is 173 g/mol. The number of amides is 1. The van der Waals surface area contributed by atoms with E-state index < -0.39 is 0 Å².